The minimum atomic E-state index is 0.926. The van der Waals surface area contributed by atoms with Gasteiger partial charge in [-0.05, 0) is 23.8 Å². The van der Waals surface area contributed by atoms with E-state index in [1.165, 1.54) is 27.1 Å². The molecule has 0 aliphatic heterocycles. The minimum absolute atomic E-state index is 0.926. The summed E-state index contributed by atoms with van der Waals surface area (Å²) in [5.41, 5.74) is 4.52. The van der Waals surface area contributed by atoms with Crippen molar-refractivity contribution >= 4 is 32.6 Å². The molecule has 2 heteroatoms. The summed E-state index contributed by atoms with van der Waals surface area (Å²) in [6, 6.07) is 25.5. The molecule has 5 aromatic rings. The van der Waals surface area contributed by atoms with Crippen LogP contribution in [0.5, 0.6) is 0 Å². The van der Waals surface area contributed by atoms with Gasteiger partial charge in [0.1, 0.15) is 5.82 Å². The van der Waals surface area contributed by atoms with E-state index in [9.17, 15) is 0 Å². The largest absolute Gasteiger partial charge is 0.337 e. The third-order valence-electron chi connectivity index (χ3n) is 4.66. The number of benzene rings is 4. The predicted molar refractivity (Wildman–Crippen MR) is 101 cm³/mol. The van der Waals surface area contributed by atoms with Gasteiger partial charge in [-0.15, -0.1) is 0 Å². The van der Waals surface area contributed by atoms with Gasteiger partial charge in [-0.2, -0.15) is 0 Å². The van der Waals surface area contributed by atoms with Crippen molar-refractivity contribution in [2.24, 2.45) is 0 Å². The number of aromatic nitrogens is 2. The maximum absolute atomic E-state index is 4.95. The van der Waals surface area contributed by atoms with Crippen molar-refractivity contribution in [2.45, 2.75) is 6.92 Å². The van der Waals surface area contributed by atoms with Crippen LogP contribution in [0.15, 0.2) is 72.8 Å². The van der Waals surface area contributed by atoms with Crippen molar-refractivity contribution in [1.82, 2.24) is 9.97 Å². The van der Waals surface area contributed by atoms with Crippen LogP contribution in [0, 0.1) is 6.92 Å². The molecule has 4 aromatic carbocycles. The van der Waals surface area contributed by atoms with Gasteiger partial charge >= 0.3 is 0 Å². The van der Waals surface area contributed by atoms with E-state index in [1.807, 2.05) is 0 Å². The predicted octanol–water partition coefficient (Wildman–Crippen LogP) is 5.84. The normalized spacial score (nSPS) is 11.5. The summed E-state index contributed by atoms with van der Waals surface area (Å²) >= 11 is 0. The summed E-state index contributed by atoms with van der Waals surface area (Å²) in [5, 5.41) is 4.93. The van der Waals surface area contributed by atoms with Gasteiger partial charge in [0.05, 0.1) is 11.0 Å². The van der Waals surface area contributed by atoms with E-state index in [2.05, 4.69) is 84.7 Å². The smallest absolute Gasteiger partial charge is 0.138 e. The molecule has 0 bridgehead atoms. The second-order valence-electron chi connectivity index (χ2n) is 6.27. The number of nitrogens with one attached hydrogen (secondary N) is 1. The summed E-state index contributed by atoms with van der Waals surface area (Å²) in [6.07, 6.45) is 0. The molecule has 5 rings (SSSR count). The SMILES string of the molecule is Cc1cccc(-c2nc3c4ccccc4c4ccccc4c3[nH]2)c1. The van der Waals surface area contributed by atoms with Crippen LogP contribution in [0.1, 0.15) is 5.56 Å². The fourth-order valence-corrected chi connectivity index (χ4v) is 3.55. The van der Waals surface area contributed by atoms with E-state index in [-0.39, 0.29) is 0 Å². The molecule has 0 spiro atoms. The molecular formula is C22H16N2. The zero-order chi connectivity index (χ0) is 16.1. The first-order chi connectivity index (χ1) is 11.8. The molecule has 0 aliphatic rings. The first kappa shape index (κ1) is 13.3. The molecule has 0 amide bonds. The first-order valence-electron chi connectivity index (χ1n) is 8.17. The summed E-state index contributed by atoms with van der Waals surface area (Å²) in [5.74, 6) is 0.926. The molecule has 0 aliphatic carbocycles. The van der Waals surface area contributed by atoms with E-state index >= 15 is 0 Å². The van der Waals surface area contributed by atoms with Gasteiger partial charge in [0.25, 0.3) is 0 Å². The summed E-state index contributed by atoms with van der Waals surface area (Å²) in [7, 11) is 0. The Labute approximate surface area is 139 Å². The molecule has 0 unspecified atom stereocenters. The number of aromatic amines is 1. The Bertz CT molecular complexity index is 1140. The van der Waals surface area contributed by atoms with Crippen LogP contribution in [0.4, 0.5) is 0 Å². The molecule has 24 heavy (non-hydrogen) atoms. The van der Waals surface area contributed by atoms with Crippen LogP contribution in [0.3, 0.4) is 0 Å². The Hall–Kier alpha value is -3.13. The first-order valence-corrected chi connectivity index (χ1v) is 8.17. The number of nitrogens with zero attached hydrogens (tertiary/aromatic N) is 1. The lowest BCUT2D eigenvalue weighted by atomic mass is 10.0. The van der Waals surface area contributed by atoms with Gasteiger partial charge in [0.2, 0.25) is 0 Å². The van der Waals surface area contributed by atoms with Crippen molar-refractivity contribution in [3.05, 3.63) is 78.4 Å². The topological polar surface area (TPSA) is 28.7 Å². The lowest BCUT2D eigenvalue weighted by molar-refractivity contribution is 1.33. The van der Waals surface area contributed by atoms with E-state index in [0.29, 0.717) is 0 Å². The molecule has 0 radical (unpaired) electrons. The van der Waals surface area contributed by atoms with E-state index < -0.39 is 0 Å². The monoisotopic (exact) mass is 308 g/mol. The lowest BCUT2D eigenvalue weighted by Gasteiger charge is -2.05. The van der Waals surface area contributed by atoms with Crippen molar-refractivity contribution in [3.63, 3.8) is 0 Å². The number of aryl methyl sites for hydroxylation is 1. The Morgan fingerprint density at radius 1 is 0.708 bits per heavy atom. The highest BCUT2D eigenvalue weighted by Gasteiger charge is 2.13. The lowest BCUT2D eigenvalue weighted by Crippen LogP contribution is -1.81. The average molecular weight is 308 g/mol. The Morgan fingerprint density at radius 3 is 2.12 bits per heavy atom. The summed E-state index contributed by atoms with van der Waals surface area (Å²) in [4.78, 5) is 8.51. The van der Waals surface area contributed by atoms with E-state index in [4.69, 9.17) is 4.98 Å². The Balaban J connectivity index is 1.95. The molecular weight excluding hydrogens is 292 g/mol. The van der Waals surface area contributed by atoms with Crippen LogP contribution in [0.2, 0.25) is 0 Å². The Morgan fingerprint density at radius 2 is 1.38 bits per heavy atom. The highest BCUT2D eigenvalue weighted by Crippen LogP contribution is 2.35. The number of imidazole rings is 1. The number of hydrogen-bond acceptors (Lipinski definition) is 1. The average Bonchev–Trinajstić information content (AvgIpc) is 3.08. The number of fused-ring (bicyclic) bond motifs is 6. The van der Waals surface area contributed by atoms with Gasteiger partial charge in [0, 0.05) is 16.3 Å². The minimum Gasteiger partial charge on any atom is -0.337 e. The summed E-state index contributed by atoms with van der Waals surface area (Å²) in [6.45, 7) is 2.11. The van der Waals surface area contributed by atoms with Crippen molar-refractivity contribution < 1.29 is 0 Å². The third-order valence-corrected chi connectivity index (χ3v) is 4.66. The van der Waals surface area contributed by atoms with Crippen LogP contribution >= 0.6 is 0 Å². The van der Waals surface area contributed by atoms with E-state index in [0.717, 1.165) is 22.4 Å². The molecule has 2 nitrogen and oxygen atoms in total. The molecule has 0 saturated heterocycles. The molecule has 1 N–H and O–H groups in total. The number of hydrogen-bond donors (Lipinski definition) is 1. The van der Waals surface area contributed by atoms with Gasteiger partial charge in [-0.25, -0.2) is 4.98 Å². The molecule has 0 saturated carbocycles. The standard InChI is InChI=1S/C22H16N2/c1-14-7-6-8-15(13-14)22-23-20-18-11-4-2-9-16(18)17-10-3-5-12-19(17)21(20)24-22/h2-13H,1H3,(H,23,24). The van der Waals surface area contributed by atoms with Crippen LogP contribution in [-0.4, -0.2) is 9.97 Å². The fraction of sp³-hybridized carbons (Fsp3) is 0.0455. The quantitative estimate of drug-likeness (QED) is 0.387. The van der Waals surface area contributed by atoms with Crippen LogP contribution in [-0.2, 0) is 0 Å². The van der Waals surface area contributed by atoms with E-state index in [1.54, 1.807) is 0 Å². The van der Waals surface area contributed by atoms with Gasteiger partial charge in [-0.1, -0.05) is 72.3 Å². The van der Waals surface area contributed by atoms with Gasteiger partial charge in [-0.3, -0.25) is 0 Å². The van der Waals surface area contributed by atoms with Gasteiger partial charge in [0.15, 0.2) is 0 Å². The van der Waals surface area contributed by atoms with Crippen molar-refractivity contribution in [2.75, 3.05) is 0 Å². The number of rotatable bonds is 1. The molecule has 0 atom stereocenters. The molecule has 1 heterocycles. The fourth-order valence-electron chi connectivity index (χ4n) is 3.55. The van der Waals surface area contributed by atoms with Crippen LogP contribution in [0.25, 0.3) is 44.0 Å². The third kappa shape index (κ3) is 1.86. The summed E-state index contributed by atoms with van der Waals surface area (Å²) < 4.78 is 0. The molecule has 114 valence electrons. The highest BCUT2D eigenvalue weighted by atomic mass is 14.9. The van der Waals surface area contributed by atoms with Gasteiger partial charge < -0.3 is 4.98 Å². The second kappa shape index (κ2) is 4.93. The van der Waals surface area contributed by atoms with Crippen LogP contribution < -0.4 is 0 Å². The Kier molecular flexibility index (Phi) is 2.74. The number of H-pyrrole nitrogens is 1. The maximum Gasteiger partial charge on any atom is 0.138 e. The second-order valence-corrected chi connectivity index (χ2v) is 6.27. The molecule has 0 fully saturated rings. The zero-order valence-electron chi connectivity index (χ0n) is 13.4. The highest BCUT2D eigenvalue weighted by molar-refractivity contribution is 6.23. The zero-order valence-corrected chi connectivity index (χ0v) is 13.4. The van der Waals surface area contributed by atoms with Crippen molar-refractivity contribution in [1.29, 1.82) is 0 Å². The van der Waals surface area contributed by atoms with Crippen molar-refractivity contribution in [3.8, 4) is 11.4 Å². The maximum atomic E-state index is 4.95. The molecule has 1 aromatic heterocycles.